The van der Waals surface area contributed by atoms with Crippen LogP contribution >= 0.6 is 0 Å². The van der Waals surface area contributed by atoms with E-state index in [4.69, 9.17) is 0 Å². The summed E-state index contributed by atoms with van der Waals surface area (Å²) in [6, 6.07) is 12.7. The summed E-state index contributed by atoms with van der Waals surface area (Å²) in [5, 5.41) is 8.35. The molecule has 0 heterocycles. The molecule has 2 aromatic carbocycles. The lowest BCUT2D eigenvalue weighted by atomic mass is 10.2. The van der Waals surface area contributed by atoms with Gasteiger partial charge in [-0.15, -0.1) is 0 Å². The molecular weight excluding hydrogens is 297 g/mol. The second kappa shape index (κ2) is 7.93. The van der Waals surface area contributed by atoms with Crippen molar-refractivity contribution in [1.29, 1.82) is 0 Å². The second-order valence-electron chi connectivity index (χ2n) is 4.89. The number of carbonyl (C=O) groups excluding carboxylic acids is 2. The Kier molecular flexibility index (Phi) is 5.68. The Balaban J connectivity index is 1.88. The first kappa shape index (κ1) is 16.5. The highest BCUT2D eigenvalue weighted by molar-refractivity contribution is 5.95. The Morgan fingerprint density at radius 2 is 1.52 bits per heavy atom. The van der Waals surface area contributed by atoms with E-state index in [1.807, 2.05) is 0 Å². The Labute approximate surface area is 133 Å². The van der Waals surface area contributed by atoms with Gasteiger partial charge in [0, 0.05) is 23.5 Å². The Hall–Kier alpha value is -2.89. The molecule has 120 valence electrons. The molecule has 0 aliphatic heterocycles. The minimum atomic E-state index is -0.328. The smallest absolute Gasteiger partial charge is 0.243 e. The zero-order chi connectivity index (χ0) is 16.7. The van der Waals surface area contributed by atoms with Crippen LogP contribution in [0, 0.1) is 5.82 Å². The summed E-state index contributed by atoms with van der Waals surface area (Å²) < 4.78 is 12.8. The fourth-order valence-corrected chi connectivity index (χ4v) is 1.88. The summed E-state index contributed by atoms with van der Waals surface area (Å²) in [5.41, 5.74) is 1.87. The SMILES string of the molecule is CCC(=O)Nc1cccc(NC(=O)CNc2ccc(F)cc2)c1. The molecule has 2 rings (SSSR count). The fourth-order valence-electron chi connectivity index (χ4n) is 1.88. The molecule has 0 aliphatic rings. The van der Waals surface area contributed by atoms with E-state index in [2.05, 4.69) is 16.0 Å². The van der Waals surface area contributed by atoms with Crippen molar-refractivity contribution in [2.45, 2.75) is 13.3 Å². The lowest BCUT2D eigenvalue weighted by Gasteiger charge is -2.09. The number of hydrogen-bond acceptors (Lipinski definition) is 3. The molecule has 2 aromatic rings. The third-order valence-corrected chi connectivity index (χ3v) is 3.05. The third-order valence-electron chi connectivity index (χ3n) is 3.05. The van der Waals surface area contributed by atoms with Crippen molar-refractivity contribution in [2.75, 3.05) is 22.5 Å². The molecule has 0 aliphatic carbocycles. The van der Waals surface area contributed by atoms with E-state index in [1.54, 1.807) is 43.3 Å². The molecule has 0 unspecified atom stereocenters. The van der Waals surface area contributed by atoms with Gasteiger partial charge in [-0.1, -0.05) is 13.0 Å². The number of carbonyl (C=O) groups is 2. The monoisotopic (exact) mass is 315 g/mol. The normalized spacial score (nSPS) is 10.0. The quantitative estimate of drug-likeness (QED) is 0.766. The number of hydrogen-bond donors (Lipinski definition) is 3. The van der Waals surface area contributed by atoms with Gasteiger partial charge in [-0.05, 0) is 42.5 Å². The highest BCUT2D eigenvalue weighted by Gasteiger charge is 2.04. The van der Waals surface area contributed by atoms with Gasteiger partial charge in [0.15, 0.2) is 0 Å². The standard InChI is InChI=1S/C17H18FN3O2/c1-2-16(22)20-14-4-3-5-15(10-14)21-17(23)11-19-13-8-6-12(18)7-9-13/h3-10,19H,2,11H2,1H3,(H,20,22)(H,21,23). The molecule has 23 heavy (non-hydrogen) atoms. The number of amides is 2. The average Bonchev–Trinajstić information content (AvgIpc) is 2.54. The van der Waals surface area contributed by atoms with Crippen LogP contribution in [0.2, 0.25) is 0 Å². The van der Waals surface area contributed by atoms with Gasteiger partial charge in [0.1, 0.15) is 5.82 Å². The topological polar surface area (TPSA) is 70.2 Å². The minimum absolute atomic E-state index is 0.0528. The van der Waals surface area contributed by atoms with Gasteiger partial charge >= 0.3 is 0 Å². The van der Waals surface area contributed by atoms with Gasteiger partial charge in [0.2, 0.25) is 11.8 Å². The van der Waals surface area contributed by atoms with Crippen LogP contribution in [0.1, 0.15) is 13.3 Å². The van der Waals surface area contributed by atoms with Crippen LogP contribution in [0.4, 0.5) is 21.5 Å². The van der Waals surface area contributed by atoms with Crippen molar-refractivity contribution in [3.63, 3.8) is 0 Å². The van der Waals surface area contributed by atoms with E-state index in [9.17, 15) is 14.0 Å². The van der Waals surface area contributed by atoms with Crippen LogP contribution in [0.3, 0.4) is 0 Å². The largest absolute Gasteiger partial charge is 0.376 e. The van der Waals surface area contributed by atoms with Gasteiger partial charge in [0.05, 0.1) is 6.54 Å². The first-order chi connectivity index (χ1) is 11.1. The highest BCUT2D eigenvalue weighted by atomic mass is 19.1. The average molecular weight is 315 g/mol. The summed E-state index contributed by atoms with van der Waals surface area (Å²) in [6.07, 6.45) is 0.387. The van der Waals surface area contributed by atoms with Crippen molar-refractivity contribution < 1.29 is 14.0 Å². The van der Waals surface area contributed by atoms with Gasteiger partial charge in [0.25, 0.3) is 0 Å². The summed E-state index contributed by atoms with van der Waals surface area (Å²) in [5.74, 6) is -0.661. The van der Waals surface area contributed by atoms with Crippen molar-refractivity contribution in [3.8, 4) is 0 Å². The molecule has 0 saturated carbocycles. The number of nitrogens with one attached hydrogen (secondary N) is 3. The van der Waals surface area contributed by atoms with Crippen LogP contribution in [-0.4, -0.2) is 18.4 Å². The maximum atomic E-state index is 12.8. The summed E-state index contributed by atoms with van der Waals surface area (Å²) in [7, 11) is 0. The van der Waals surface area contributed by atoms with E-state index in [0.29, 0.717) is 23.5 Å². The molecule has 0 fully saturated rings. The number of anilines is 3. The molecule has 5 nitrogen and oxygen atoms in total. The highest BCUT2D eigenvalue weighted by Crippen LogP contribution is 2.15. The van der Waals surface area contributed by atoms with Crippen molar-refractivity contribution in [2.24, 2.45) is 0 Å². The predicted molar refractivity (Wildman–Crippen MR) is 88.9 cm³/mol. The molecule has 0 aromatic heterocycles. The zero-order valence-electron chi connectivity index (χ0n) is 12.7. The first-order valence-electron chi connectivity index (χ1n) is 7.26. The third kappa shape index (κ3) is 5.43. The van der Waals surface area contributed by atoms with Gasteiger partial charge < -0.3 is 16.0 Å². The van der Waals surface area contributed by atoms with Crippen LogP contribution in [0.15, 0.2) is 48.5 Å². The van der Waals surface area contributed by atoms with Crippen LogP contribution in [0.25, 0.3) is 0 Å². The predicted octanol–water partition coefficient (Wildman–Crippen LogP) is 3.22. The lowest BCUT2D eigenvalue weighted by Crippen LogP contribution is -2.21. The summed E-state index contributed by atoms with van der Waals surface area (Å²) >= 11 is 0. The molecule has 2 amide bonds. The van der Waals surface area contributed by atoms with Crippen molar-refractivity contribution in [1.82, 2.24) is 0 Å². The van der Waals surface area contributed by atoms with E-state index in [-0.39, 0.29) is 24.2 Å². The first-order valence-corrected chi connectivity index (χ1v) is 7.26. The van der Waals surface area contributed by atoms with Gasteiger partial charge in [-0.25, -0.2) is 4.39 Å². The van der Waals surface area contributed by atoms with Crippen LogP contribution in [-0.2, 0) is 9.59 Å². The van der Waals surface area contributed by atoms with E-state index < -0.39 is 0 Å². The van der Waals surface area contributed by atoms with Crippen molar-refractivity contribution in [3.05, 3.63) is 54.3 Å². The van der Waals surface area contributed by atoms with Crippen LogP contribution < -0.4 is 16.0 Å². The Morgan fingerprint density at radius 1 is 0.913 bits per heavy atom. The Bertz CT molecular complexity index is 686. The molecular formula is C17H18FN3O2. The van der Waals surface area contributed by atoms with Crippen molar-refractivity contribution >= 4 is 28.9 Å². The molecule has 0 bridgehead atoms. The summed E-state index contributed by atoms with van der Waals surface area (Å²) in [4.78, 5) is 23.3. The van der Waals surface area contributed by atoms with Gasteiger partial charge in [-0.3, -0.25) is 9.59 Å². The van der Waals surface area contributed by atoms with E-state index in [0.717, 1.165) is 0 Å². The second-order valence-corrected chi connectivity index (χ2v) is 4.89. The molecule has 0 atom stereocenters. The molecule has 0 radical (unpaired) electrons. The molecule has 0 saturated heterocycles. The fraction of sp³-hybridized carbons (Fsp3) is 0.176. The maximum absolute atomic E-state index is 12.8. The maximum Gasteiger partial charge on any atom is 0.243 e. The van der Waals surface area contributed by atoms with Gasteiger partial charge in [-0.2, -0.15) is 0 Å². The minimum Gasteiger partial charge on any atom is -0.376 e. The molecule has 3 N–H and O–H groups in total. The van der Waals surface area contributed by atoms with E-state index in [1.165, 1.54) is 12.1 Å². The number of benzene rings is 2. The zero-order valence-corrected chi connectivity index (χ0v) is 12.7. The Morgan fingerprint density at radius 3 is 2.13 bits per heavy atom. The van der Waals surface area contributed by atoms with E-state index >= 15 is 0 Å². The number of rotatable bonds is 6. The van der Waals surface area contributed by atoms with Crippen LogP contribution in [0.5, 0.6) is 0 Å². The summed E-state index contributed by atoms with van der Waals surface area (Å²) in [6.45, 7) is 1.82. The number of halogens is 1. The molecule has 0 spiro atoms. The lowest BCUT2D eigenvalue weighted by molar-refractivity contribution is -0.116. The molecule has 6 heteroatoms.